The number of rotatable bonds is 1. The minimum atomic E-state index is -1.85. The summed E-state index contributed by atoms with van der Waals surface area (Å²) in [4.78, 5) is 0.380. The normalized spacial score (nSPS) is 13.0. The lowest BCUT2D eigenvalue weighted by atomic mass is 10.8. The molecule has 8 heavy (non-hydrogen) atoms. The van der Waals surface area contributed by atoms with E-state index in [9.17, 15) is 4.21 Å². The van der Waals surface area contributed by atoms with E-state index in [1.165, 1.54) is 0 Å². The average molecular weight is 264 g/mol. The van der Waals surface area contributed by atoms with Crippen molar-refractivity contribution in [2.75, 3.05) is 0 Å². The van der Waals surface area contributed by atoms with E-state index in [1.807, 2.05) is 0 Å². The van der Waals surface area contributed by atoms with Gasteiger partial charge in [-0.25, -0.2) is 4.21 Å². The Bertz CT molecular complexity index is 138. The summed E-state index contributed by atoms with van der Waals surface area (Å²) in [5.41, 5.74) is 0. The minimum Gasteiger partial charge on any atom is -0.302 e. The molecule has 0 aliphatic heterocycles. The Morgan fingerprint density at radius 3 is 2.00 bits per heavy atom. The fourth-order valence-electron chi connectivity index (χ4n) is 0.0660. The molecule has 0 rings (SSSR count). The topological polar surface area (TPSA) is 37.3 Å². The molecule has 1 unspecified atom stereocenters. The van der Waals surface area contributed by atoms with Gasteiger partial charge in [-0.1, -0.05) is 0 Å². The van der Waals surface area contributed by atoms with E-state index in [0.717, 1.165) is 0 Å². The van der Waals surface area contributed by atoms with Crippen molar-refractivity contribution in [2.24, 2.45) is 0 Å². The van der Waals surface area contributed by atoms with Crippen molar-refractivity contribution in [1.82, 2.24) is 0 Å². The van der Waals surface area contributed by atoms with Crippen LogP contribution in [0, 0.1) is 0 Å². The molecule has 0 spiro atoms. The number of hydrogen-bond acceptors (Lipinski definition) is 1. The standard InChI is InChI=1S/C3H4Br2O2S/c1-2(3(4)5)8(6)7/h1H3,(H,6,7). The highest BCUT2D eigenvalue weighted by atomic mass is 79.9. The molecule has 0 aliphatic rings. The van der Waals surface area contributed by atoms with Gasteiger partial charge in [0, 0.05) is 0 Å². The summed E-state index contributed by atoms with van der Waals surface area (Å²) in [6, 6.07) is 0. The third-order valence-electron chi connectivity index (χ3n) is 0.528. The number of hydrogen-bond donors (Lipinski definition) is 1. The predicted octanol–water partition coefficient (Wildman–Crippen LogP) is 2.19. The Morgan fingerprint density at radius 1 is 1.62 bits per heavy atom. The second-order valence-corrected chi connectivity index (χ2v) is 4.83. The zero-order valence-corrected chi connectivity index (χ0v) is 8.01. The lowest BCUT2D eigenvalue weighted by molar-refractivity contribution is 0.571. The Labute approximate surface area is 66.9 Å². The van der Waals surface area contributed by atoms with Crippen LogP contribution in [-0.2, 0) is 11.1 Å². The first-order valence-corrected chi connectivity index (χ1v) is 4.37. The maximum Gasteiger partial charge on any atom is 0.183 e. The molecule has 0 amide bonds. The van der Waals surface area contributed by atoms with Crippen LogP contribution in [0.15, 0.2) is 8.30 Å². The second kappa shape index (κ2) is 3.76. The van der Waals surface area contributed by atoms with Crippen LogP contribution in [0.2, 0.25) is 0 Å². The van der Waals surface area contributed by atoms with Crippen molar-refractivity contribution in [3.05, 3.63) is 8.30 Å². The first-order valence-electron chi connectivity index (χ1n) is 1.68. The summed E-state index contributed by atoms with van der Waals surface area (Å²) < 4.78 is 19.0. The molecule has 0 heterocycles. The molecular weight excluding hydrogens is 260 g/mol. The van der Waals surface area contributed by atoms with Crippen molar-refractivity contribution in [1.29, 1.82) is 0 Å². The molecule has 0 aromatic heterocycles. The Morgan fingerprint density at radius 2 is 2.00 bits per heavy atom. The second-order valence-electron chi connectivity index (χ2n) is 1.07. The molecule has 0 saturated carbocycles. The quantitative estimate of drug-likeness (QED) is 0.737. The molecule has 0 aromatic rings. The summed E-state index contributed by atoms with van der Waals surface area (Å²) in [5.74, 6) is 0. The molecule has 1 atom stereocenters. The van der Waals surface area contributed by atoms with Gasteiger partial charge in [-0.2, -0.15) is 0 Å². The zero-order valence-electron chi connectivity index (χ0n) is 4.02. The van der Waals surface area contributed by atoms with Crippen molar-refractivity contribution in [3.8, 4) is 0 Å². The molecule has 5 heteroatoms. The largest absolute Gasteiger partial charge is 0.302 e. The zero-order chi connectivity index (χ0) is 6.73. The molecule has 2 nitrogen and oxygen atoms in total. The van der Waals surface area contributed by atoms with Crippen LogP contribution >= 0.6 is 31.9 Å². The van der Waals surface area contributed by atoms with Crippen LogP contribution < -0.4 is 0 Å². The smallest absolute Gasteiger partial charge is 0.183 e. The average Bonchev–Trinajstić information content (AvgIpc) is 1.64. The Balaban J connectivity index is 4.23. The van der Waals surface area contributed by atoms with Gasteiger partial charge in [0.25, 0.3) is 0 Å². The fraction of sp³-hybridized carbons (Fsp3) is 0.333. The SMILES string of the molecule is CC(=C(Br)Br)S(=O)O. The van der Waals surface area contributed by atoms with Crippen LogP contribution in [0.3, 0.4) is 0 Å². The third kappa shape index (κ3) is 2.96. The first kappa shape index (κ1) is 8.81. The predicted molar refractivity (Wildman–Crippen MR) is 41.3 cm³/mol. The fourth-order valence-corrected chi connectivity index (χ4v) is 1.03. The maximum atomic E-state index is 10.1. The minimum absolute atomic E-state index is 0.380. The highest BCUT2D eigenvalue weighted by molar-refractivity contribution is 9.28. The van der Waals surface area contributed by atoms with E-state index in [2.05, 4.69) is 31.9 Å². The Kier molecular flexibility index (Phi) is 4.14. The van der Waals surface area contributed by atoms with Crippen LogP contribution in [0.5, 0.6) is 0 Å². The van der Waals surface area contributed by atoms with Crippen LogP contribution in [0.1, 0.15) is 6.92 Å². The monoisotopic (exact) mass is 262 g/mol. The number of halogens is 2. The molecule has 0 saturated heterocycles. The summed E-state index contributed by atoms with van der Waals surface area (Å²) in [7, 11) is 0. The molecule has 0 aromatic carbocycles. The van der Waals surface area contributed by atoms with E-state index in [1.54, 1.807) is 6.92 Å². The maximum absolute atomic E-state index is 10.1. The van der Waals surface area contributed by atoms with Crippen LogP contribution in [-0.4, -0.2) is 8.76 Å². The number of allylic oxidation sites excluding steroid dienone is 1. The molecule has 0 aliphatic carbocycles. The van der Waals surface area contributed by atoms with Crippen molar-refractivity contribution in [2.45, 2.75) is 6.92 Å². The molecule has 0 bridgehead atoms. The summed E-state index contributed by atoms with van der Waals surface area (Å²) in [6.45, 7) is 1.55. The van der Waals surface area contributed by atoms with E-state index < -0.39 is 11.1 Å². The van der Waals surface area contributed by atoms with Gasteiger partial charge in [0.15, 0.2) is 11.1 Å². The van der Waals surface area contributed by atoms with Crippen LogP contribution in [0.25, 0.3) is 0 Å². The Hall–Kier alpha value is 0.810. The lowest BCUT2D eigenvalue weighted by Gasteiger charge is -1.90. The highest BCUT2D eigenvalue weighted by Crippen LogP contribution is 2.19. The molecule has 0 radical (unpaired) electrons. The van der Waals surface area contributed by atoms with Crippen LogP contribution in [0.4, 0.5) is 0 Å². The van der Waals surface area contributed by atoms with Gasteiger partial charge in [0.1, 0.15) is 0 Å². The van der Waals surface area contributed by atoms with E-state index in [-0.39, 0.29) is 0 Å². The van der Waals surface area contributed by atoms with E-state index >= 15 is 0 Å². The van der Waals surface area contributed by atoms with Gasteiger partial charge < -0.3 is 4.55 Å². The van der Waals surface area contributed by atoms with Gasteiger partial charge >= 0.3 is 0 Å². The van der Waals surface area contributed by atoms with E-state index in [0.29, 0.717) is 8.30 Å². The molecular formula is C3H4Br2O2S. The van der Waals surface area contributed by atoms with E-state index in [4.69, 9.17) is 4.55 Å². The van der Waals surface area contributed by atoms with Gasteiger partial charge in [0.05, 0.1) is 8.30 Å². The van der Waals surface area contributed by atoms with Crippen molar-refractivity contribution >= 4 is 42.9 Å². The van der Waals surface area contributed by atoms with Gasteiger partial charge in [-0.3, -0.25) is 0 Å². The first-order chi connectivity index (χ1) is 3.55. The summed E-state index contributed by atoms with van der Waals surface area (Å²) in [5, 5.41) is 0. The van der Waals surface area contributed by atoms with Gasteiger partial charge in [0.2, 0.25) is 0 Å². The summed E-state index contributed by atoms with van der Waals surface area (Å²) >= 11 is 4.11. The molecule has 1 N–H and O–H groups in total. The molecule has 48 valence electrons. The third-order valence-corrected chi connectivity index (χ3v) is 2.97. The highest BCUT2D eigenvalue weighted by Gasteiger charge is 1.99. The van der Waals surface area contributed by atoms with Gasteiger partial charge in [-0.15, -0.1) is 0 Å². The van der Waals surface area contributed by atoms with Crippen molar-refractivity contribution in [3.63, 3.8) is 0 Å². The summed E-state index contributed by atoms with van der Waals surface area (Å²) in [6.07, 6.45) is 0. The lowest BCUT2D eigenvalue weighted by Crippen LogP contribution is -1.86. The van der Waals surface area contributed by atoms with Gasteiger partial charge in [-0.05, 0) is 38.8 Å². The molecule has 0 fully saturated rings. The van der Waals surface area contributed by atoms with Crippen molar-refractivity contribution < 1.29 is 8.76 Å².